The lowest BCUT2D eigenvalue weighted by Gasteiger charge is -2.23. The van der Waals surface area contributed by atoms with Crippen LogP contribution in [0.5, 0.6) is 5.75 Å². The maximum atomic E-state index is 12.3. The fourth-order valence-electron chi connectivity index (χ4n) is 2.17. The second-order valence-electron chi connectivity index (χ2n) is 5.62. The zero-order valence-electron chi connectivity index (χ0n) is 14.0. The number of fused-ring (bicyclic) bond motifs is 1. The monoisotopic (exact) mass is 356 g/mol. The molecule has 1 aromatic carbocycles. The normalized spacial score (nSPS) is 17.1. The number of carbonyl (C=O) groups is 1. The van der Waals surface area contributed by atoms with Gasteiger partial charge in [-0.15, -0.1) is 0 Å². The van der Waals surface area contributed by atoms with Gasteiger partial charge in [0, 0.05) is 19.8 Å². The van der Waals surface area contributed by atoms with E-state index in [4.69, 9.17) is 9.47 Å². The molecule has 0 saturated heterocycles. The number of unbranched alkanes of at least 4 members (excludes halogenated alkanes) is 1. The minimum Gasteiger partial charge on any atom is -0.479 e. The van der Waals surface area contributed by atoms with Crippen LogP contribution in [-0.4, -0.2) is 40.2 Å². The maximum Gasteiger partial charge on any atom is 0.265 e. The zero-order chi connectivity index (χ0) is 17.6. The summed E-state index contributed by atoms with van der Waals surface area (Å²) in [4.78, 5) is 11.7. The molecule has 8 heteroatoms. The number of anilines is 1. The summed E-state index contributed by atoms with van der Waals surface area (Å²) in [6.45, 7) is 5.24. The van der Waals surface area contributed by atoms with E-state index < -0.39 is 16.1 Å². The fraction of sp³-hybridized carbons (Fsp3) is 0.562. The van der Waals surface area contributed by atoms with E-state index >= 15 is 0 Å². The molecule has 24 heavy (non-hydrogen) atoms. The van der Waals surface area contributed by atoms with Crippen LogP contribution in [0.15, 0.2) is 23.1 Å². The highest BCUT2D eigenvalue weighted by molar-refractivity contribution is 7.89. The third kappa shape index (κ3) is 4.93. The average Bonchev–Trinajstić information content (AvgIpc) is 2.54. The van der Waals surface area contributed by atoms with Gasteiger partial charge in [-0.1, -0.05) is 13.3 Å². The second-order valence-corrected chi connectivity index (χ2v) is 7.39. The largest absolute Gasteiger partial charge is 0.479 e. The van der Waals surface area contributed by atoms with Crippen molar-refractivity contribution in [2.24, 2.45) is 0 Å². The first-order valence-electron chi connectivity index (χ1n) is 8.13. The lowest BCUT2D eigenvalue weighted by atomic mass is 10.2. The summed E-state index contributed by atoms with van der Waals surface area (Å²) in [5.74, 6) is 0.166. The van der Waals surface area contributed by atoms with Gasteiger partial charge in [0.05, 0.1) is 10.6 Å². The molecule has 1 atom stereocenters. The molecule has 0 aromatic heterocycles. The summed E-state index contributed by atoms with van der Waals surface area (Å²) in [6, 6.07) is 4.41. The van der Waals surface area contributed by atoms with E-state index in [-0.39, 0.29) is 10.8 Å². The summed E-state index contributed by atoms with van der Waals surface area (Å²) in [7, 11) is -3.63. The van der Waals surface area contributed by atoms with Crippen LogP contribution < -0.4 is 14.8 Å². The van der Waals surface area contributed by atoms with Crippen molar-refractivity contribution in [3.63, 3.8) is 0 Å². The number of ether oxygens (including phenoxy) is 2. The minimum atomic E-state index is -3.63. The first-order chi connectivity index (χ1) is 11.4. The van der Waals surface area contributed by atoms with Crippen LogP contribution in [0.3, 0.4) is 0 Å². The Hall–Kier alpha value is -1.64. The van der Waals surface area contributed by atoms with Crippen molar-refractivity contribution in [1.29, 1.82) is 0 Å². The average molecular weight is 356 g/mol. The molecule has 0 spiro atoms. The highest BCUT2D eigenvalue weighted by Gasteiger charge is 2.25. The van der Waals surface area contributed by atoms with Gasteiger partial charge in [0.2, 0.25) is 10.0 Å². The number of benzene rings is 1. The van der Waals surface area contributed by atoms with Crippen molar-refractivity contribution < 1.29 is 22.7 Å². The number of nitrogens with one attached hydrogen (secondary N) is 2. The molecule has 0 aliphatic carbocycles. The molecule has 1 aliphatic heterocycles. The van der Waals surface area contributed by atoms with Crippen LogP contribution in [0.4, 0.5) is 5.69 Å². The maximum absolute atomic E-state index is 12.3. The summed E-state index contributed by atoms with van der Waals surface area (Å²) in [6.07, 6.45) is 2.09. The van der Waals surface area contributed by atoms with Crippen LogP contribution in [0.1, 0.15) is 33.1 Å². The molecular formula is C16H24N2O5S. The topological polar surface area (TPSA) is 93.7 Å². The van der Waals surface area contributed by atoms with Crippen LogP contribution in [0.2, 0.25) is 0 Å². The Morgan fingerprint density at radius 1 is 1.29 bits per heavy atom. The third-order valence-electron chi connectivity index (χ3n) is 3.59. The van der Waals surface area contributed by atoms with Gasteiger partial charge in [0.1, 0.15) is 5.75 Å². The molecule has 0 saturated carbocycles. The molecule has 0 bridgehead atoms. The van der Waals surface area contributed by atoms with Crippen LogP contribution in [0, 0.1) is 0 Å². The van der Waals surface area contributed by atoms with E-state index in [9.17, 15) is 13.2 Å². The number of rotatable bonds is 9. The van der Waals surface area contributed by atoms with Crippen molar-refractivity contribution in [1.82, 2.24) is 4.72 Å². The van der Waals surface area contributed by atoms with Crippen LogP contribution >= 0.6 is 0 Å². The van der Waals surface area contributed by atoms with Crippen molar-refractivity contribution in [3.8, 4) is 5.75 Å². The molecule has 1 heterocycles. The van der Waals surface area contributed by atoms with Gasteiger partial charge in [-0.25, -0.2) is 13.1 Å². The van der Waals surface area contributed by atoms with E-state index in [2.05, 4.69) is 17.0 Å². The Bertz CT molecular complexity index is 675. The predicted molar refractivity (Wildman–Crippen MR) is 90.7 cm³/mol. The number of sulfonamides is 1. The molecule has 1 amide bonds. The van der Waals surface area contributed by atoms with Crippen molar-refractivity contribution in [2.45, 2.75) is 44.1 Å². The summed E-state index contributed by atoms with van der Waals surface area (Å²) < 4.78 is 37.9. The van der Waals surface area contributed by atoms with E-state index in [1.165, 1.54) is 12.1 Å². The minimum absolute atomic E-state index is 0.0894. The van der Waals surface area contributed by atoms with E-state index in [0.717, 1.165) is 12.8 Å². The molecule has 1 aliphatic rings. The van der Waals surface area contributed by atoms with Crippen LogP contribution in [-0.2, 0) is 19.6 Å². The molecule has 0 fully saturated rings. The molecule has 134 valence electrons. The first-order valence-corrected chi connectivity index (χ1v) is 9.61. The first kappa shape index (κ1) is 18.7. The smallest absolute Gasteiger partial charge is 0.265 e. The van der Waals surface area contributed by atoms with Gasteiger partial charge >= 0.3 is 0 Å². The SMILES string of the molecule is CCCCOCCCNS(=O)(=O)c1ccc2c(c1)NC(=O)C(C)O2. The Morgan fingerprint density at radius 2 is 2.04 bits per heavy atom. The number of hydrogen-bond acceptors (Lipinski definition) is 5. The van der Waals surface area contributed by atoms with Gasteiger partial charge in [-0.05, 0) is 38.0 Å². The van der Waals surface area contributed by atoms with Gasteiger partial charge in [-0.3, -0.25) is 4.79 Å². The molecule has 0 radical (unpaired) electrons. The summed E-state index contributed by atoms with van der Waals surface area (Å²) in [5.41, 5.74) is 0.365. The zero-order valence-corrected chi connectivity index (χ0v) is 14.8. The third-order valence-corrected chi connectivity index (χ3v) is 5.05. The van der Waals surface area contributed by atoms with Crippen LogP contribution in [0.25, 0.3) is 0 Å². The summed E-state index contributed by atoms with van der Waals surface area (Å²) >= 11 is 0. The van der Waals surface area contributed by atoms with Gasteiger partial charge in [-0.2, -0.15) is 0 Å². The van der Waals surface area contributed by atoms with Crippen molar-refractivity contribution in [3.05, 3.63) is 18.2 Å². The molecule has 2 rings (SSSR count). The molecule has 7 nitrogen and oxygen atoms in total. The quantitative estimate of drug-likeness (QED) is 0.659. The fourth-order valence-corrected chi connectivity index (χ4v) is 3.27. The molecular weight excluding hydrogens is 332 g/mol. The highest BCUT2D eigenvalue weighted by atomic mass is 32.2. The second kappa shape index (κ2) is 8.46. The van der Waals surface area contributed by atoms with E-state index in [1.807, 2.05) is 0 Å². The van der Waals surface area contributed by atoms with Gasteiger partial charge in [0.15, 0.2) is 6.10 Å². The Balaban J connectivity index is 1.90. The molecule has 1 aromatic rings. The van der Waals surface area contributed by atoms with E-state index in [0.29, 0.717) is 37.6 Å². The molecule has 2 N–H and O–H groups in total. The van der Waals surface area contributed by atoms with Gasteiger partial charge < -0.3 is 14.8 Å². The summed E-state index contributed by atoms with van der Waals surface area (Å²) in [5, 5.41) is 2.64. The Labute approximate surface area is 142 Å². The lowest BCUT2D eigenvalue weighted by Crippen LogP contribution is -2.34. The van der Waals surface area contributed by atoms with Crippen molar-refractivity contribution in [2.75, 3.05) is 25.1 Å². The highest BCUT2D eigenvalue weighted by Crippen LogP contribution is 2.31. The van der Waals surface area contributed by atoms with Gasteiger partial charge in [0.25, 0.3) is 5.91 Å². The number of amides is 1. The Morgan fingerprint density at radius 3 is 2.79 bits per heavy atom. The predicted octanol–water partition coefficient (Wildman–Crippen LogP) is 1.89. The molecule has 1 unspecified atom stereocenters. The Kier molecular flexibility index (Phi) is 6.59. The lowest BCUT2D eigenvalue weighted by molar-refractivity contribution is -0.122. The number of hydrogen-bond donors (Lipinski definition) is 2. The standard InChI is InChI=1S/C16H24N2O5S/c1-3-4-9-22-10-5-8-17-24(20,21)13-6-7-15-14(11-13)18-16(19)12(2)23-15/h6-7,11-12,17H,3-5,8-10H2,1-2H3,(H,18,19). The van der Waals surface area contributed by atoms with E-state index in [1.54, 1.807) is 13.0 Å². The number of carbonyl (C=O) groups excluding carboxylic acids is 1. The van der Waals surface area contributed by atoms with Crippen molar-refractivity contribution >= 4 is 21.6 Å².